The number of hydrogen-bond acceptors (Lipinski definition) is 15. The van der Waals surface area contributed by atoms with Crippen LogP contribution in [0, 0.1) is 0 Å². The number of aliphatic hydroxyl groups is 1. The fourth-order valence-corrected chi connectivity index (χ4v) is 13.2. The topological polar surface area (TPSA) is 237 Å². The van der Waals surface area contributed by atoms with E-state index in [1.165, 1.54) is 193 Å². The van der Waals surface area contributed by atoms with Crippen molar-refractivity contribution in [3.05, 3.63) is 60.8 Å². The minimum atomic E-state index is -4.99. The molecule has 0 saturated carbocycles. The Morgan fingerprint density at radius 2 is 0.490 bits per heavy atom. The summed E-state index contributed by atoms with van der Waals surface area (Å²) in [5.74, 6) is -2.21. The van der Waals surface area contributed by atoms with Crippen molar-refractivity contribution in [1.29, 1.82) is 0 Å². The Hall–Kier alpha value is -3.24. The smallest absolute Gasteiger partial charge is 0.462 e. The number of allylic oxidation sites excluding steroid dienone is 10. The number of aliphatic hydroxyl groups excluding tert-OH is 1. The van der Waals surface area contributed by atoms with Crippen LogP contribution in [-0.2, 0) is 65.4 Å². The van der Waals surface area contributed by atoms with Crippen molar-refractivity contribution in [2.75, 3.05) is 39.6 Å². The molecule has 102 heavy (non-hydrogen) atoms. The van der Waals surface area contributed by atoms with E-state index in [-0.39, 0.29) is 25.7 Å². The second-order valence-electron chi connectivity index (χ2n) is 28.1. The lowest BCUT2D eigenvalue weighted by molar-refractivity contribution is -0.161. The van der Waals surface area contributed by atoms with Crippen LogP contribution in [0.5, 0.6) is 0 Å². The number of carbonyl (C=O) groups excluding carboxylic acids is 4. The lowest BCUT2D eigenvalue weighted by Gasteiger charge is -2.21. The van der Waals surface area contributed by atoms with E-state index in [1.54, 1.807) is 0 Å². The van der Waals surface area contributed by atoms with Crippen LogP contribution in [0.4, 0.5) is 0 Å². The van der Waals surface area contributed by atoms with Gasteiger partial charge in [-0.25, -0.2) is 9.13 Å². The fraction of sp³-hybridized carbons (Fsp3) is 0.831. The highest BCUT2D eigenvalue weighted by molar-refractivity contribution is 7.47. The van der Waals surface area contributed by atoms with Crippen LogP contribution in [0.1, 0.15) is 387 Å². The largest absolute Gasteiger partial charge is 0.472 e. The molecule has 0 heterocycles. The molecule has 19 heteroatoms. The van der Waals surface area contributed by atoms with E-state index in [9.17, 15) is 43.2 Å². The molecule has 17 nitrogen and oxygen atoms in total. The summed E-state index contributed by atoms with van der Waals surface area (Å²) in [6, 6.07) is 0. The Morgan fingerprint density at radius 1 is 0.275 bits per heavy atom. The first-order chi connectivity index (χ1) is 49.7. The molecule has 0 aromatic heterocycles. The van der Waals surface area contributed by atoms with Gasteiger partial charge in [0.25, 0.3) is 0 Å². The first-order valence-corrected chi connectivity index (χ1v) is 44.5. The minimum absolute atomic E-state index is 0.0216. The van der Waals surface area contributed by atoms with E-state index in [2.05, 4.69) is 76.3 Å². The lowest BCUT2D eigenvalue weighted by Crippen LogP contribution is -2.30. The molecule has 596 valence electrons. The quantitative estimate of drug-likeness (QED) is 0.0169. The lowest BCUT2D eigenvalue weighted by atomic mass is 10.0. The zero-order valence-corrected chi connectivity index (χ0v) is 67.1. The molecule has 3 N–H and O–H groups in total. The van der Waals surface area contributed by atoms with Crippen molar-refractivity contribution in [1.82, 2.24) is 0 Å². The number of esters is 4. The molecule has 2 unspecified atom stereocenters. The third-order valence-corrected chi connectivity index (χ3v) is 19.9. The summed E-state index contributed by atoms with van der Waals surface area (Å²) in [6.07, 6.45) is 76.2. The van der Waals surface area contributed by atoms with Crippen LogP contribution < -0.4 is 0 Å². The number of hydrogen-bond donors (Lipinski definition) is 3. The van der Waals surface area contributed by atoms with Crippen LogP contribution in [0.25, 0.3) is 0 Å². The zero-order valence-electron chi connectivity index (χ0n) is 65.3. The molecule has 0 aromatic rings. The summed E-state index contributed by atoms with van der Waals surface area (Å²) < 4.78 is 68.6. The number of unbranched alkanes of at least 4 members (excludes halogenated alkanes) is 43. The molecule has 0 aliphatic rings. The van der Waals surface area contributed by atoms with E-state index in [0.29, 0.717) is 32.1 Å². The summed E-state index contributed by atoms with van der Waals surface area (Å²) in [5, 5.41) is 10.6. The Bertz CT molecular complexity index is 2170. The van der Waals surface area contributed by atoms with Crippen LogP contribution in [0.3, 0.4) is 0 Å². The summed E-state index contributed by atoms with van der Waals surface area (Å²) in [6.45, 7) is 4.86. The van der Waals surface area contributed by atoms with Crippen LogP contribution >= 0.6 is 15.6 Å². The molecule has 0 aliphatic heterocycles. The summed E-state index contributed by atoms with van der Waals surface area (Å²) in [4.78, 5) is 73.0. The van der Waals surface area contributed by atoms with Crippen LogP contribution in [0.2, 0.25) is 0 Å². The average molecular weight is 1480 g/mol. The van der Waals surface area contributed by atoms with Crippen molar-refractivity contribution >= 4 is 39.5 Å². The van der Waals surface area contributed by atoms with Gasteiger partial charge in [0.15, 0.2) is 12.2 Å². The van der Waals surface area contributed by atoms with E-state index < -0.39 is 97.5 Å². The van der Waals surface area contributed by atoms with Crippen LogP contribution in [-0.4, -0.2) is 96.7 Å². The van der Waals surface area contributed by atoms with Gasteiger partial charge in [0.1, 0.15) is 19.3 Å². The molecule has 5 atom stereocenters. The molecular formula is C83H152O17P2. The van der Waals surface area contributed by atoms with E-state index >= 15 is 0 Å². The van der Waals surface area contributed by atoms with Crippen molar-refractivity contribution in [3.8, 4) is 0 Å². The molecule has 0 aliphatic carbocycles. The maximum atomic E-state index is 13.1. The van der Waals surface area contributed by atoms with Gasteiger partial charge in [0.05, 0.1) is 26.4 Å². The number of phosphoric ester groups is 2. The first kappa shape index (κ1) is 98.8. The summed E-state index contributed by atoms with van der Waals surface area (Å²) >= 11 is 0. The van der Waals surface area contributed by atoms with Gasteiger partial charge < -0.3 is 33.8 Å². The van der Waals surface area contributed by atoms with E-state index in [1.807, 2.05) is 12.2 Å². The Balaban J connectivity index is 5.37. The van der Waals surface area contributed by atoms with E-state index in [0.717, 1.165) is 109 Å². The van der Waals surface area contributed by atoms with Gasteiger partial charge in [-0.3, -0.25) is 37.3 Å². The summed E-state index contributed by atoms with van der Waals surface area (Å²) in [5.41, 5.74) is 0. The third kappa shape index (κ3) is 75.0. The molecule has 0 amide bonds. The second-order valence-corrected chi connectivity index (χ2v) is 31.0. The zero-order chi connectivity index (χ0) is 74.6. The van der Waals surface area contributed by atoms with Gasteiger partial charge >= 0.3 is 39.5 Å². The third-order valence-electron chi connectivity index (χ3n) is 18.0. The molecule has 0 fully saturated rings. The highest BCUT2D eigenvalue weighted by Crippen LogP contribution is 2.45. The average Bonchev–Trinajstić information content (AvgIpc) is 0.966. The Labute approximate surface area is 622 Å². The number of phosphoric acid groups is 2. The molecule has 0 spiro atoms. The second kappa shape index (κ2) is 76.0. The van der Waals surface area contributed by atoms with Gasteiger partial charge in [-0.2, -0.15) is 0 Å². The maximum Gasteiger partial charge on any atom is 0.472 e. The molecule has 0 bridgehead atoms. The van der Waals surface area contributed by atoms with Gasteiger partial charge in [0, 0.05) is 25.7 Å². The highest BCUT2D eigenvalue weighted by atomic mass is 31.2. The Morgan fingerprint density at radius 3 is 0.804 bits per heavy atom. The molecular weight excluding hydrogens is 1330 g/mol. The van der Waals surface area contributed by atoms with Gasteiger partial charge in [-0.1, -0.05) is 332 Å². The van der Waals surface area contributed by atoms with E-state index in [4.69, 9.17) is 37.0 Å². The SMILES string of the molecule is CCCCC/C=C\C/C=C\C/C=C\C/C=C\CCCC(=O)O[C@H](COC(=O)CCCCCCC/C=C\CCCCCCCC)COP(=O)(O)OC[C@H](O)COP(=O)(O)OC[C@@H](COC(=O)CCCCCCCCCCCCCCC)OC(=O)CCCCCCCCCCCCCCCCCCC. The molecule has 0 radical (unpaired) electrons. The van der Waals surface area contributed by atoms with Crippen molar-refractivity contribution in [3.63, 3.8) is 0 Å². The highest BCUT2D eigenvalue weighted by Gasteiger charge is 2.30. The number of ether oxygens (including phenoxy) is 4. The van der Waals surface area contributed by atoms with Gasteiger partial charge in [0.2, 0.25) is 0 Å². The number of rotatable bonds is 79. The predicted octanol–water partition coefficient (Wildman–Crippen LogP) is 24.2. The number of carbonyl (C=O) groups is 4. The first-order valence-electron chi connectivity index (χ1n) is 41.5. The minimum Gasteiger partial charge on any atom is -0.462 e. The van der Waals surface area contributed by atoms with Gasteiger partial charge in [-0.15, -0.1) is 0 Å². The fourth-order valence-electron chi connectivity index (χ4n) is 11.6. The molecule has 0 saturated heterocycles. The predicted molar refractivity (Wildman–Crippen MR) is 418 cm³/mol. The normalized spacial score (nSPS) is 14.1. The molecule has 0 aromatic carbocycles. The van der Waals surface area contributed by atoms with Crippen molar-refractivity contribution < 1.29 is 80.2 Å². The monoisotopic (exact) mass is 1480 g/mol. The van der Waals surface area contributed by atoms with Crippen molar-refractivity contribution in [2.45, 2.75) is 406 Å². The van der Waals surface area contributed by atoms with Gasteiger partial charge in [-0.05, 0) is 89.9 Å². The standard InChI is InChI=1S/C83H152O17P2/c1-5-9-13-17-21-25-29-33-36-38-41-45-49-53-57-61-65-69-82(87)99-78(73-93-80(85)67-63-59-55-51-47-43-32-28-24-20-16-12-8-4)75-97-101(89,90)95-71-77(84)72-96-102(91,92)98-76-79(74-94-81(86)68-64-60-56-52-48-44-40-35-31-27-23-19-15-11-7-3)100-83(88)70-66-62-58-54-50-46-42-39-37-34-30-26-22-18-14-10-6-2/h22,26,34-35,37,40,42,46,54,58,77-79,84H,5-21,23-25,27-33,36,38-39,41,43-45,47-53,55-57,59-76H2,1-4H3,(H,89,90)(H,91,92)/b26-22-,37-34-,40-35-,46-42-,58-54-/t77-,78-,79-/m1/s1. The molecule has 0 rings (SSSR count). The van der Waals surface area contributed by atoms with Crippen molar-refractivity contribution in [2.24, 2.45) is 0 Å². The summed E-state index contributed by atoms with van der Waals surface area (Å²) in [7, 11) is -9.96. The Kier molecular flexibility index (Phi) is 73.6. The van der Waals surface area contributed by atoms with Crippen LogP contribution in [0.15, 0.2) is 60.8 Å². The maximum absolute atomic E-state index is 13.1.